The number of nitrogens with two attached hydrogens (primary N) is 1. The standard InChI is InChI=1S/C10H17NO3/c1-3-4-5-6-8(10(13)14)7(2)9(11)12/h8H,2-6H2,1H3,(H2,11,12)(H,13,14). The van der Waals surface area contributed by atoms with Gasteiger partial charge in [-0.05, 0) is 6.42 Å². The number of amides is 1. The Bertz CT molecular complexity index is 236. The second-order valence-electron chi connectivity index (χ2n) is 3.28. The summed E-state index contributed by atoms with van der Waals surface area (Å²) >= 11 is 0. The van der Waals surface area contributed by atoms with Gasteiger partial charge in [0.1, 0.15) is 0 Å². The summed E-state index contributed by atoms with van der Waals surface area (Å²) in [5.74, 6) is -2.57. The van der Waals surface area contributed by atoms with Gasteiger partial charge < -0.3 is 10.8 Å². The van der Waals surface area contributed by atoms with E-state index in [4.69, 9.17) is 10.8 Å². The summed E-state index contributed by atoms with van der Waals surface area (Å²) in [6, 6.07) is 0. The Morgan fingerprint density at radius 3 is 2.36 bits per heavy atom. The molecule has 0 aromatic rings. The van der Waals surface area contributed by atoms with Gasteiger partial charge in [0.25, 0.3) is 0 Å². The van der Waals surface area contributed by atoms with Crippen LogP contribution < -0.4 is 5.73 Å². The Hall–Kier alpha value is -1.32. The zero-order valence-corrected chi connectivity index (χ0v) is 8.45. The third-order valence-corrected chi connectivity index (χ3v) is 2.13. The minimum atomic E-state index is -1.02. The number of carbonyl (C=O) groups excluding carboxylic acids is 1. The van der Waals surface area contributed by atoms with E-state index in [9.17, 15) is 9.59 Å². The maximum absolute atomic E-state index is 10.8. The molecule has 0 heterocycles. The van der Waals surface area contributed by atoms with Crippen LogP contribution in [0.4, 0.5) is 0 Å². The fourth-order valence-electron chi connectivity index (χ4n) is 1.22. The fourth-order valence-corrected chi connectivity index (χ4v) is 1.22. The maximum Gasteiger partial charge on any atom is 0.311 e. The molecule has 1 amide bonds. The van der Waals surface area contributed by atoms with E-state index in [-0.39, 0.29) is 5.57 Å². The number of hydrogen-bond acceptors (Lipinski definition) is 2. The van der Waals surface area contributed by atoms with E-state index >= 15 is 0 Å². The van der Waals surface area contributed by atoms with Crippen molar-refractivity contribution in [2.24, 2.45) is 11.7 Å². The van der Waals surface area contributed by atoms with E-state index in [0.29, 0.717) is 6.42 Å². The van der Waals surface area contributed by atoms with E-state index in [0.717, 1.165) is 19.3 Å². The van der Waals surface area contributed by atoms with Gasteiger partial charge in [-0.25, -0.2) is 0 Å². The minimum absolute atomic E-state index is 0.00592. The molecule has 0 radical (unpaired) electrons. The SMILES string of the molecule is C=C(C(N)=O)C(CCCCC)C(=O)O. The summed E-state index contributed by atoms with van der Waals surface area (Å²) < 4.78 is 0. The Labute approximate surface area is 83.8 Å². The molecule has 1 atom stereocenters. The van der Waals surface area contributed by atoms with Crippen LogP contribution >= 0.6 is 0 Å². The largest absolute Gasteiger partial charge is 0.481 e. The predicted molar refractivity (Wildman–Crippen MR) is 53.6 cm³/mol. The number of carbonyl (C=O) groups is 2. The fraction of sp³-hybridized carbons (Fsp3) is 0.600. The highest BCUT2D eigenvalue weighted by Gasteiger charge is 2.23. The van der Waals surface area contributed by atoms with Gasteiger partial charge in [-0.15, -0.1) is 0 Å². The van der Waals surface area contributed by atoms with Crippen LogP contribution in [-0.4, -0.2) is 17.0 Å². The molecule has 4 nitrogen and oxygen atoms in total. The molecular weight excluding hydrogens is 182 g/mol. The summed E-state index contributed by atoms with van der Waals surface area (Å²) in [6.45, 7) is 5.43. The lowest BCUT2D eigenvalue weighted by Crippen LogP contribution is -2.25. The maximum atomic E-state index is 10.8. The van der Waals surface area contributed by atoms with Crippen molar-refractivity contribution in [2.75, 3.05) is 0 Å². The first kappa shape index (κ1) is 12.7. The average molecular weight is 199 g/mol. The molecular formula is C10H17NO3. The topological polar surface area (TPSA) is 80.4 Å². The van der Waals surface area contributed by atoms with Gasteiger partial charge in [-0.2, -0.15) is 0 Å². The van der Waals surface area contributed by atoms with Crippen LogP contribution in [0.5, 0.6) is 0 Å². The van der Waals surface area contributed by atoms with Crippen molar-refractivity contribution in [2.45, 2.75) is 32.6 Å². The molecule has 0 spiro atoms. The molecule has 0 aliphatic carbocycles. The summed E-state index contributed by atoms with van der Waals surface area (Å²) in [4.78, 5) is 21.5. The average Bonchev–Trinajstić information content (AvgIpc) is 2.10. The van der Waals surface area contributed by atoms with Gasteiger partial charge in [0.15, 0.2) is 0 Å². The normalized spacial score (nSPS) is 12.1. The zero-order chi connectivity index (χ0) is 11.1. The van der Waals surface area contributed by atoms with Crippen molar-refractivity contribution in [1.82, 2.24) is 0 Å². The van der Waals surface area contributed by atoms with E-state index in [2.05, 4.69) is 6.58 Å². The Balaban J connectivity index is 4.23. The smallest absolute Gasteiger partial charge is 0.311 e. The lowest BCUT2D eigenvalue weighted by Gasteiger charge is -2.11. The Morgan fingerprint density at radius 2 is 2.00 bits per heavy atom. The van der Waals surface area contributed by atoms with Crippen molar-refractivity contribution in [3.05, 3.63) is 12.2 Å². The quantitative estimate of drug-likeness (QED) is 0.479. The Kier molecular flexibility index (Phi) is 5.60. The third kappa shape index (κ3) is 4.07. The van der Waals surface area contributed by atoms with Gasteiger partial charge in [-0.3, -0.25) is 9.59 Å². The van der Waals surface area contributed by atoms with Gasteiger partial charge in [-0.1, -0.05) is 32.8 Å². The van der Waals surface area contributed by atoms with Crippen LogP contribution in [0.3, 0.4) is 0 Å². The highest BCUT2D eigenvalue weighted by atomic mass is 16.4. The molecule has 14 heavy (non-hydrogen) atoms. The first-order valence-electron chi connectivity index (χ1n) is 4.72. The second-order valence-corrected chi connectivity index (χ2v) is 3.28. The van der Waals surface area contributed by atoms with Crippen molar-refractivity contribution >= 4 is 11.9 Å². The summed E-state index contributed by atoms with van der Waals surface area (Å²) in [7, 11) is 0. The van der Waals surface area contributed by atoms with Crippen molar-refractivity contribution < 1.29 is 14.7 Å². The van der Waals surface area contributed by atoms with Gasteiger partial charge >= 0.3 is 5.97 Å². The minimum Gasteiger partial charge on any atom is -0.481 e. The van der Waals surface area contributed by atoms with E-state index < -0.39 is 17.8 Å². The Morgan fingerprint density at radius 1 is 1.43 bits per heavy atom. The second kappa shape index (κ2) is 6.18. The summed E-state index contributed by atoms with van der Waals surface area (Å²) in [5, 5.41) is 8.82. The molecule has 1 unspecified atom stereocenters. The molecule has 0 rings (SSSR count). The van der Waals surface area contributed by atoms with Crippen LogP contribution in [-0.2, 0) is 9.59 Å². The van der Waals surface area contributed by atoms with Gasteiger partial charge in [0.2, 0.25) is 5.91 Å². The van der Waals surface area contributed by atoms with Gasteiger partial charge in [0, 0.05) is 5.57 Å². The predicted octanol–water partition coefficient (Wildman–Crippen LogP) is 1.31. The third-order valence-electron chi connectivity index (χ3n) is 2.13. The number of carboxylic acid groups (broad SMARTS) is 1. The first-order valence-corrected chi connectivity index (χ1v) is 4.72. The van der Waals surface area contributed by atoms with Crippen LogP contribution in [0.25, 0.3) is 0 Å². The molecule has 4 heteroatoms. The lowest BCUT2D eigenvalue weighted by atomic mass is 9.94. The zero-order valence-electron chi connectivity index (χ0n) is 8.45. The van der Waals surface area contributed by atoms with Crippen LogP contribution in [0.15, 0.2) is 12.2 Å². The molecule has 0 saturated heterocycles. The van der Waals surface area contributed by atoms with E-state index in [1.54, 1.807) is 0 Å². The highest BCUT2D eigenvalue weighted by molar-refractivity contribution is 5.96. The van der Waals surface area contributed by atoms with Crippen LogP contribution in [0.1, 0.15) is 32.6 Å². The van der Waals surface area contributed by atoms with Crippen molar-refractivity contribution in [3.63, 3.8) is 0 Å². The molecule has 3 N–H and O–H groups in total. The number of primary amides is 1. The molecule has 0 aliphatic rings. The van der Waals surface area contributed by atoms with Crippen LogP contribution in [0, 0.1) is 5.92 Å². The molecule has 0 saturated carbocycles. The number of rotatable bonds is 7. The molecule has 0 aromatic carbocycles. The lowest BCUT2D eigenvalue weighted by molar-refractivity contribution is -0.141. The number of aliphatic carboxylic acids is 1. The van der Waals surface area contributed by atoms with Gasteiger partial charge in [0.05, 0.1) is 5.92 Å². The van der Waals surface area contributed by atoms with Crippen molar-refractivity contribution in [1.29, 1.82) is 0 Å². The highest BCUT2D eigenvalue weighted by Crippen LogP contribution is 2.17. The number of carboxylic acids is 1. The number of unbranched alkanes of at least 4 members (excludes halogenated alkanes) is 2. The van der Waals surface area contributed by atoms with Crippen LogP contribution in [0.2, 0.25) is 0 Å². The monoisotopic (exact) mass is 199 g/mol. The molecule has 0 aliphatic heterocycles. The molecule has 0 aromatic heterocycles. The summed E-state index contributed by atoms with van der Waals surface area (Å²) in [6.07, 6.45) is 3.18. The van der Waals surface area contributed by atoms with E-state index in [1.165, 1.54) is 0 Å². The first-order chi connectivity index (χ1) is 6.50. The molecule has 80 valence electrons. The molecule has 0 fully saturated rings. The van der Waals surface area contributed by atoms with E-state index in [1.807, 2.05) is 6.92 Å². The number of hydrogen-bond donors (Lipinski definition) is 2. The summed E-state index contributed by atoms with van der Waals surface area (Å²) in [5.41, 5.74) is 4.97. The van der Waals surface area contributed by atoms with Crippen molar-refractivity contribution in [3.8, 4) is 0 Å². The molecule has 0 bridgehead atoms.